The molecule has 3 heteroatoms. The SMILES string of the molecule is Cn1cc(CC=CCCNC2CC2)cn1. The van der Waals surface area contributed by atoms with E-state index in [1.54, 1.807) is 0 Å². The summed E-state index contributed by atoms with van der Waals surface area (Å²) in [5.41, 5.74) is 1.28. The molecule has 1 saturated carbocycles. The van der Waals surface area contributed by atoms with Gasteiger partial charge in [0.05, 0.1) is 6.20 Å². The lowest BCUT2D eigenvalue weighted by Gasteiger charge is -1.97. The first kappa shape index (κ1) is 10.4. The second-order valence-electron chi connectivity index (χ2n) is 4.21. The molecular weight excluding hydrogens is 186 g/mol. The van der Waals surface area contributed by atoms with E-state index in [-0.39, 0.29) is 0 Å². The standard InChI is InChI=1S/C12H19N3/c1-15-10-11(9-14-15)5-3-2-4-8-13-12-6-7-12/h2-3,9-10,12-13H,4-8H2,1H3. The zero-order valence-corrected chi connectivity index (χ0v) is 9.32. The summed E-state index contributed by atoms with van der Waals surface area (Å²) in [6, 6.07) is 0.830. The molecule has 0 radical (unpaired) electrons. The molecule has 1 N–H and O–H groups in total. The van der Waals surface area contributed by atoms with Gasteiger partial charge in [0.2, 0.25) is 0 Å². The van der Waals surface area contributed by atoms with Crippen molar-refractivity contribution >= 4 is 0 Å². The summed E-state index contributed by atoms with van der Waals surface area (Å²) >= 11 is 0. The highest BCUT2D eigenvalue weighted by Crippen LogP contribution is 2.18. The Bertz CT molecular complexity index is 323. The Morgan fingerprint density at radius 2 is 2.40 bits per heavy atom. The number of rotatable bonds is 6. The molecule has 0 saturated heterocycles. The molecule has 1 aromatic rings. The van der Waals surface area contributed by atoms with Crippen molar-refractivity contribution < 1.29 is 0 Å². The minimum Gasteiger partial charge on any atom is -0.314 e. The molecule has 1 aromatic heterocycles. The first-order valence-electron chi connectivity index (χ1n) is 5.70. The molecule has 0 bridgehead atoms. The zero-order valence-electron chi connectivity index (χ0n) is 9.32. The fourth-order valence-corrected chi connectivity index (χ4v) is 1.57. The molecule has 3 nitrogen and oxygen atoms in total. The Balaban J connectivity index is 1.57. The number of aryl methyl sites for hydroxylation is 1. The van der Waals surface area contributed by atoms with Crippen molar-refractivity contribution in [2.45, 2.75) is 31.7 Å². The topological polar surface area (TPSA) is 29.9 Å². The monoisotopic (exact) mass is 205 g/mol. The van der Waals surface area contributed by atoms with Crippen molar-refractivity contribution in [3.05, 3.63) is 30.1 Å². The highest BCUT2D eigenvalue weighted by Gasteiger charge is 2.19. The molecule has 1 aliphatic carbocycles. The molecule has 1 fully saturated rings. The van der Waals surface area contributed by atoms with Crippen LogP contribution in [0.4, 0.5) is 0 Å². The predicted octanol–water partition coefficient (Wildman–Crippen LogP) is 1.66. The summed E-state index contributed by atoms with van der Waals surface area (Å²) in [4.78, 5) is 0. The zero-order chi connectivity index (χ0) is 10.5. The number of nitrogens with one attached hydrogen (secondary N) is 1. The third kappa shape index (κ3) is 3.88. The summed E-state index contributed by atoms with van der Waals surface area (Å²) in [5, 5.41) is 7.63. The third-order valence-corrected chi connectivity index (χ3v) is 2.60. The van der Waals surface area contributed by atoms with Gasteiger partial charge in [0.25, 0.3) is 0 Å². The highest BCUT2D eigenvalue weighted by atomic mass is 15.2. The van der Waals surface area contributed by atoms with E-state index in [4.69, 9.17) is 0 Å². The molecule has 0 aromatic carbocycles. The van der Waals surface area contributed by atoms with E-state index in [0.29, 0.717) is 0 Å². The van der Waals surface area contributed by atoms with Crippen molar-refractivity contribution in [3.63, 3.8) is 0 Å². The summed E-state index contributed by atoms with van der Waals surface area (Å²) in [6.45, 7) is 1.12. The normalized spacial score (nSPS) is 16.3. The van der Waals surface area contributed by atoms with Gasteiger partial charge >= 0.3 is 0 Å². The maximum absolute atomic E-state index is 4.13. The second kappa shape index (κ2) is 5.12. The smallest absolute Gasteiger partial charge is 0.0524 e. The Hall–Kier alpha value is -1.09. The van der Waals surface area contributed by atoms with Crippen LogP contribution in [0.5, 0.6) is 0 Å². The Labute approximate surface area is 91.2 Å². The van der Waals surface area contributed by atoms with Gasteiger partial charge in [-0.3, -0.25) is 4.68 Å². The number of nitrogens with zero attached hydrogens (tertiary/aromatic N) is 2. The Morgan fingerprint density at radius 1 is 1.53 bits per heavy atom. The molecule has 0 atom stereocenters. The van der Waals surface area contributed by atoms with Gasteiger partial charge in [-0.15, -0.1) is 0 Å². The van der Waals surface area contributed by atoms with Crippen LogP contribution in [0.15, 0.2) is 24.5 Å². The molecular formula is C12H19N3. The van der Waals surface area contributed by atoms with Crippen LogP contribution in [0.1, 0.15) is 24.8 Å². The molecule has 0 spiro atoms. The molecule has 1 heterocycles. The molecule has 2 rings (SSSR count). The molecule has 0 amide bonds. The van der Waals surface area contributed by atoms with Gasteiger partial charge in [-0.05, 0) is 37.8 Å². The van der Waals surface area contributed by atoms with Crippen LogP contribution >= 0.6 is 0 Å². The largest absolute Gasteiger partial charge is 0.314 e. The van der Waals surface area contributed by atoms with Crippen LogP contribution in [0.3, 0.4) is 0 Å². The molecule has 82 valence electrons. The average molecular weight is 205 g/mol. The van der Waals surface area contributed by atoms with E-state index >= 15 is 0 Å². The number of allylic oxidation sites excluding steroid dienone is 1. The van der Waals surface area contributed by atoms with Crippen LogP contribution in [0, 0.1) is 0 Å². The summed E-state index contributed by atoms with van der Waals surface area (Å²) in [6.07, 6.45) is 13.3. The van der Waals surface area contributed by atoms with Gasteiger partial charge in [0, 0.05) is 19.3 Å². The lowest BCUT2D eigenvalue weighted by molar-refractivity contribution is 0.690. The van der Waals surface area contributed by atoms with Crippen LogP contribution in [0.25, 0.3) is 0 Å². The number of hydrogen-bond donors (Lipinski definition) is 1. The van der Waals surface area contributed by atoms with Crippen molar-refractivity contribution in [3.8, 4) is 0 Å². The lowest BCUT2D eigenvalue weighted by atomic mass is 10.2. The summed E-state index contributed by atoms with van der Waals surface area (Å²) < 4.78 is 1.85. The van der Waals surface area contributed by atoms with Crippen molar-refractivity contribution in [1.82, 2.24) is 15.1 Å². The van der Waals surface area contributed by atoms with Crippen LogP contribution in [0.2, 0.25) is 0 Å². The van der Waals surface area contributed by atoms with Gasteiger partial charge in [0.1, 0.15) is 0 Å². The van der Waals surface area contributed by atoms with E-state index in [9.17, 15) is 0 Å². The van der Waals surface area contributed by atoms with E-state index < -0.39 is 0 Å². The highest BCUT2D eigenvalue weighted by molar-refractivity contribution is 5.08. The molecule has 1 aliphatic rings. The predicted molar refractivity (Wildman–Crippen MR) is 61.7 cm³/mol. The molecule has 0 aliphatic heterocycles. The van der Waals surface area contributed by atoms with Gasteiger partial charge < -0.3 is 5.32 Å². The van der Waals surface area contributed by atoms with Gasteiger partial charge in [0.15, 0.2) is 0 Å². The van der Waals surface area contributed by atoms with E-state index in [1.807, 2.05) is 17.9 Å². The number of hydrogen-bond acceptors (Lipinski definition) is 2. The second-order valence-corrected chi connectivity index (χ2v) is 4.21. The summed E-state index contributed by atoms with van der Waals surface area (Å²) in [7, 11) is 1.95. The van der Waals surface area contributed by atoms with Crippen LogP contribution < -0.4 is 5.32 Å². The average Bonchev–Trinajstić information content (AvgIpc) is 2.95. The fraction of sp³-hybridized carbons (Fsp3) is 0.583. The van der Waals surface area contributed by atoms with Crippen molar-refractivity contribution in [2.75, 3.05) is 6.54 Å². The third-order valence-electron chi connectivity index (χ3n) is 2.60. The quantitative estimate of drug-likeness (QED) is 0.565. The van der Waals surface area contributed by atoms with Gasteiger partial charge in [-0.25, -0.2) is 0 Å². The molecule has 0 unspecified atom stereocenters. The maximum Gasteiger partial charge on any atom is 0.0524 e. The lowest BCUT2D eigenvalue weighted by Crippen LogP contribution is -2.16. The van der Waals surface area contributed by atoms with Gasteiger partial charge in [-0.2, -0.15) is 5.10 Å². The maximum atomic E-state index is 4.13. The van der Waals surface area contributed by atoms with Crippen molar-refractivity contribution in [1.29, 1.82) is 0 Å². The minimum absolute atomic E-state index is 0.830. The number of aromatic nitrogens is 2. The minimum atomic E-state index is 0.830. The molecule has 15 heavy (non-hydrogen) atoms. The van der Waals surface area contributed by atoms with E-state index in [2.05, 4.69) is 28.8 Å². The van der Waals surface area contributed by atoms with Crippen LogP contribution in [-0.2, 0) is 13.5 Å². The first-order valence-corrected chi connectivity index (χ1v) is 5.70. The van der Waals surface area contributed by atoms with Crippen LogP contribution in [-0.4, -0.2) is 22.4 Å². The first-order chi connectivity index (χ1) is 7.34. The summed E-state index contributed by atoms with van der Waals surface area (Å²) in [5.74, 6) is 0. The Morgan fingerprint density at radius 3 is 3.07 bits per heavy atom. The van der Waals surface area contributed by atoms with E-state index in [1.165, 1.54) is 18.4 Å². The van der Waals surface area contributed by atoms with Crippen molar-refractivity contribution in [2.24, 2.45) is 7.05 Å². The van der Waals surface area contributed by atoms with E-state index in [0.717, 1.165) is 25.4 Å². The van der Waals surface area contributed by atoms with Gasteiger partial charge in [-0.1, -0.05) is 12.2 Å². The Kier molecular flexibility index (Phi) is 3.56. The fourth-order valence-electron chi connectivity index (χ4n) is 1.57.